The van der Waals surface area contributed by atoms with E-state index in [9.17, 15) is 9.90 Å². The van der Waals surface area contributed by atoms with Crippen LogP contribution in [0.5, 0.6) is 5.75 Å². The Bertz CT molecular complexity index is 2070. The van der Waals surface area contributed by atoms with E-state index in [1.54, 1.807) is 0 Å². The van der Waals surface area contributed by atoms with Crippen molar-refractivity contribution in [3.8, 4) is 17.0 Å². The van der Waals surface area contributed by atoms with Gasteiger partial charge in [0.25, 0.3) is 0 Å². The minimum atomic E-state index is -0.337. The van der Waals surface area contributed by atoms with Gasteiger partial charge in [0, 0.05) is 72.2 Å². The van der Waals surface area contributed by atoms with Crippen LogP contribution in [-0.4, -0.2) is 15.9 Å². The molecule has 0 saturated carbocycles. The van der Waals surface area contributed by atoms with Crippen molar-refractivity contribution < 1.29 is 39.2 Å². The average molecular weight is 895 g/mol. The van der Waals surface area contributed by atoms with Gasteiger partial charge in [-0.2, -0.15) is 0 Å². The second-order valence-corrected chi connectivity index (χ2v) is 16.1. The fourth-order valence-electron chi connectivity index (χ4n) is 6.40. The Labute approximate surface area is 331 Å². The predicted molar refractivity (Wildman–Crippen MR) is 219 cm³/mol. The Kier molecular flexibility index (Phi) is 14.9. The smallest absolute Gasteiger partial charge is 0.164 e. The Hall–Kier alpha value is -3.73. The van der Waals surface area contributed by atoms with Crippen LogP contribution < -0.4 is 4.74 Å². The van der Waals surface area contributed by atoms with E-state index in [0.29, 0.717) is 5.92 Å². The van der Waals surface area contributed by atoms with Crippen LogP contribution in [0, 0.1) is 22.8 Å². The zero-order chi connectivity index (χ0) is 38.4. The topological polar surface area (TPSA) is 72.6 Å². The van der Waals surface area contributed by atoms with E-state index in [1.165, 1.54) is 17.0 Å². The number of rotatable bonds is 12. The van der Waals surface area contributed by atoms with Crippen LogP contribution in [0.25, 0.3) is 44.0 Å². The second-order valence-electron chi connectivity index (χ2n) is 16.1. The van der Waals surface area contributed by atoms with Gasteiger partial charge in [-0.15, -0.1) is 29.1 Å². The number of ether oxygens (including phenoxy) is 1. The monoisotopic (exact) mass is 895 g/mol. The largest absolute Gasteiger partial charge is 0.512 e. The molecule has 0 atom stereocenters. The van der Waals surface area contributed by atoms with Crippen LogP contribution in [0.4, 0.5) is 0 Å². The van der Waals surface area contributed by atoms with Gasteiger partial charge in [0.05, 0.1) is 0 Å². The number of hydrogen-bond acceptors (Lipinski definition) is 5. The molecular weight excluding hydrogens is 835 g/mol. The van der Waals surface area contributed by atoms with Crippen LogP contribution >= 0.6 is 0 Å². The maximum atomic E-state index is 12.2. The number of allylic oxidation sites excluding steroid dienone is 4. The molecule has 5 rings (SSSR count). The van der Waals surface area contributed by atoms with Crippen LogP contribution in [0.3, 0.4) is 0 Å². The number of fused-ring (bicyclic) bond motifs is 4. The summed E-state index contributed by atoms with van der Waals surface area (Å²) in [5, 5.41) is 14.5. The molecule has 0 bridgehead atoms. The standard InChI is InChI=1S/C32H32NO2.C15H28O2.Ir/c1-7-23(16-20(2)3)34-24-12-13-26-29(19-24)35-28-14-15-33-31(30(26)28)22-17-21-10-8-9-11-25(21)27(18-22)32(4,5)6;1-7-14(5,8-2)12(16)11-13(17)15(6,9-3)10-4;/h7-15,18-20H,16H2,1-6H3;11,16H,7-10H2,1-6H3;/q-1;;/b23-7+;12-11-;. The van der Waals surface area contributed by atoms with E-state index in [1.807, 2.05) is 78.9 Å². The first kappa shape index (κ1) is 43.7. The van der Waals surface area contributed by atoms with Crippen LogP contribution in [-0.2, 0) is 30.3 Å². The molecule has 53 heavy (non-hydrogen) atoms. The van der Waals surface area contributed by atoms with Gasteiger partial charge >= 0.3 is 0 Å². The number of carbonyl (C=O) groups excluding carboxylic acids is 1. The van der Waals surface area contributed by atoms with Crippen molar-refractivity contribution in [2.24, 2.45) is 16.7 Å². The van der Waals surface area contributed by atoms with Gasteiger partial charge < -0.3 is 14.3 Å². The normalized spacial score (nSPS) is 12.9. The van der Waals surface area contributed by atoms with Crippen molar-refractivity contribution >= 4 is 38.5 Å². The summed E-state index contributed by atoms with van der Waals surface area (Å²) in [5.74, 6) is 2.57. The Balaban J connectivity index is 0.000000359. The summed E-state index contributed by atoms with van der Waals surface area (Å²) in [6.45, 7) is 25.2. The molecule has 1 radical (unpaired) electrons. The molecule has 1 N–H and O–H groups in total. The average Bonchev–Trinajstić information content (AvgIpc) is 3.51. The molecule has 0 unspecified atom stereocenters. The number of aromatic nitrogens is 1. The molecule has 0 aliphatic carbocycles. The third-order valence-corrected chi connectivity index (χ3v) is 11.0. The van der Waals surface area contributed by atoms with E-state index in [-0.39, 0.29) is 47.9 Å². The molecule has 6 heteroatoms. The molecule has 5 aromatic rings. The minimum absolute atomic E-state index is 0. The van der Waals surface area contributed by atoms with Crippen molar-refractivity contribution in [3.05, 3.63) is 96.1 Å². The molecule has 0 amide bonds. The summed E-state index contributed by atoms with van der Waals surface area (Å²) in [6.07, 6.45) is 9.51. The van der Waals surface area contributed by atoms with Crippen LogP contribution in [0.1, 0.15) is 121 Å². The van der Waals surface area contributed by atoms with Crippen molar-refractivity contribution in [1.29, 1.82) is 0 Å². The number of ketones is 1. The molecular formula is C47H60IrNO4-. The number of carbonyl (C=O) groups is 1. The van der Waals surface area contributed by atoms with Gasteiger partial charge in [-0.3, -0.25) is 9.78 Å². The fourth-order valence-corrected chi connectivity index (χ4v) is 6.40. The molecule has 0 fully saturated rings. The number of pyridine rings is 1. The van der Waals surface area contributed by atoms with E-state index < -0.39 is 0 Å². The Morgan fingerprint density at radius 1 is 0.887 bits per heavy atom. The van der Waals surface area contributed by atoms with E-state index in [2.05, 4.69) is 77.1 Å². The summed E-state index contributed by atoms with van der Waals surface area (Å²) in [5.41, 5.74) is 4.15. The quantitative estimate of drug-likeness (QED) is 0.0767. The molecule has 287 valence electrons. The van der Waals surface area contributed by atoms with Gasteiger partial charge in [-0.25, -0.2) is 0 Å². The Morgan fingerprint density at radius 3 is 2.11 bits per heavy atom. The SMILES string of the molecule is C/C=C(\CC(C)C)Oc1ccc2c(c1)oc1ccnc(-c3[c-]c4ccccc4c(C(C)(C)C)c3)c12.CCC(C)(CC)C(=O)/C=C(\O)C(C)(CC)CC.[Ir]. The fraction of sp³-hybridized carbons (Fsp3) is 0.447. The number of aliphatic hydroxyl groups excluding tert-OH is 1. The Morgan fingerprint density at radius 2 is 1.53 bits per heavy atom. The minimum Gasteiger partial charge on any atom is -0.512 e. The van der Waals surface area contributed by atoms with Crippen molar-refractivity contribution in [1.82, 2.24) is 4.98 Å². The van der Waals surface area contributed by atoms with E-state index in [0.717, 1.165) is 82.2 Å². The summed E-state index contributed by atoms with van der Waals surface area (Å²) in [4.78, 5) is 17.0. The summed E-state index contributed by atoms with van der Waals surface area (Å²) >= 11 is 0. The number of aliphatic hydroxyl groups is 1. The van der Waals surface area contributed by atoms with Gasteiger partial charge in [-0.1, -0.05) is 105 Å². The number of hydrogen-bond donors (Lipinski definition) is 1. The van der Waals surface area contributed by atoms with E-state index in [4.69, 9.17) is 14.1 Å². The van der Waals surface area contributed by atoms with Gasteiger partial charge in [0.2, 0.25) is 0 Å². The zero-order valence-corrected chi connectivity index (χ0v) is 36.4. The number of nitrogens with zero attached hydrogens (tertiary/aromatic N) is 1. The number of benzene rings is 3. The molecule has 5 nitrogen and oxygen atoms in total. The molecule has 2 aromatic heterocycles. The first-order chi connectivity index (χ1) is 24.5. The summed E-state index contributed by atoms with van der Waals surface area (Å²) < 4.78 is 12.5. The first-order valence-electron chi connectivity index (χ1n) is 19.1. The summed E-state index contributed by atoms with van der Waals surface area (Å²) in [7, 11) is 0. The second kappa shape index (κ2) is 18.1. The van der Waals surface area contributed by atoms with Gasteiger partial charge in [0.15, 0.2) is 5.78 Å². The third-order valence-electron chi connectivity index (χ3n) is 11.0. The zero-order valence-electron chi connectivity index (χ0n) is 34.0. The van der Waals surface area contributed by atoms with Gasteiger partial charge in [-0.05, 0) is 68.2 Å². The molecule has 2 heterocycles. The molecule has 0 aliphatic heterocycles. The first-order valence-corrected chi connectivity index (χ1v) is 19.1. The summed E-state index contributed by atoms with van der Waals surface area (Å²) in [6, 6.07) is 22.3. The third kappa shape index (κ3) is 9.88. The molecule has 0 saturated heterocycles. The predicted octanol–water partition coefficient (Wildman–Crippen LogP) is 13.9. The van der Waals surface area contributed by atoms with Crippen molar-refractivity contribution in [2.75, 3.05) is 0 Å². The van der Waals surface area contributed by atoms with Crippen LogP contribution in [0.2, 0.25) is 0 Å². The molecule has 3 aromatic carbocycles. The molecule has 0 spiro atoms. The molecule has 0 aliphatic rings. The van der Waals surface area contributed by atoms with Crippen molar-refractivity contribution in [3.63, 3.8) is 0 Å². The maximum absolute atomic E-state index is 12.2. The maximum Gasteiger partial charge on any atom is 0.164 e. The number of furan rings is 1. The van der Waals surface area contributed by atoms with E-state index >= 15 is 0 Å². The van der Waals surface area contributed by atoms with Gasteiger partial charge in [0.1, 0.15) is 28.4 Å². The van der Waals surface area contributed by atoms with Crippen LogP contribution in [0.15, 0.2) is 88.9 Å². The van der Waals surface area contributed by atoms with Crippen molar-refractivity contribution in [2.45, 2.75) is 121 Å².